The highest BCUT2D eigenvalue weighted by atomic mass is 16.5. The van der Waals surface area contributed by atoms with Crippen molar-refractivity contribution < 1.29 is 4.74 Å². The van der Waals surface area contributed by atoms with Crippen molar-refractivity contribution >= 4 is 0 Å². The molecular weight excluding hydrogens is 232 g/mol. The Bertz CT molecular complexity index is 280. The third-order valence-corrected chi connectivity index (χ3v) is 6.33. The largest absolute Gasteiger partial charge is 0.375 e. The predicted octanol–water partition coefficient (Wildman–Crippen LogP) is 5.33. The molecule has 3 fully saturated rings. The highest BCUT2D eigenvalue weighted by Gasteiger charge is 2.43. The van der Waals surface area contributed by atoms with Crippen molar-refractivity contribution in [3.63, 3.8) is 0 Å². The van der Waals surface area contributed by atoms with E-state index >= 15 is 0 Å². The monoisotopic (exact) mass is 264 g/mol. The van der Waals surface area contributed by atoms with E-state index in [9.17, 15) is 0 Å². The Morgan fingerprint density at radius 3 is 2.16 bits per heavy atom. The first-order chi connectivity index (χ1) is 9.16. The molecule has 3 aliphatic rings. The van der Waals surface area contributed by atoms with Gasteiger partial charge in [0.2, 0.25) is 0 Å². The SMILES string of the molecule is CC(OC1CCCCC1)C1(C)CC2CCCC(C2)C1. The zero-order valence-corrected chi connectivity index (χ0v) is 13.0. The normalized spacial score (nSPS) is 42.0. The number of rotatable bonds is 3. The molecule has 110 valence electrons. The van der Waals surface area contributed by atoms with Gasteiger partial charge in [-0.3, -0.25) is 0 Å². The second kappa shape index (κ2) is 5.76. The van der Waals surface area contributed by atoms with Crippen LogP contribution in [0.25, 0.3) is 0 Å². The molecule has 3 aliphatic carbocycles. The summed E-state index contributed by atoms with van der Waals surface area (Å²) in [5, 5.41) is 0. The van der Waals surface area contributed by atoms with Crippen LogP contribution in [0, 0.1) is 17.3 Å². The van der Waals surface area contributed by atoms with E-state index in [4.69, 9.17) is 4.74 Å². The number of ether oxygens (including phenoxy) is 1. The first-order valence-electron chi connectivity index (χ1n) is 8.81. The van der Waals surface area contributed by atoms with Crippen molar-refractivity contribution in [3.05, 3.63) is 0 Å². The lowest BCUT2D eigenvalue weighted by atomic mass is 9.60. The van der Waals surface area contributed by atoms with Crippen molar-refractivity contribution in [2.75, 3.05) is 0 Å². The van der Waals surface area contributed by atoms with Crippen LogP contribution in [-0.2, 0) is 4.74 Å². The van der Waals surface area contributed by atoms with Gasteiger partial charge in [-0.25, -0.2) is 0 Å². The van der Waals surface area contributed by atoms with E-state index in [1.807, 2.05) is 0 Å². The van der Waals surface area contributed by atoms with E-state index in [1.165, 1.54) is 70.6 Å². The van der Waals surface area contributed by atoms with Gasteiger partial charge in [-0.2, -0.15) is 0 Å². The minimum Gasteiger partial charge on any atom is -0.375 e. The molecule has 3 unspecified atom stereocenters. The van der Waals surface area contributed by atoms with Crippen LogP contribution in [0.3, 0.4) is 0 Å². The lowest BCUT2D eigenvalue weighted by Crippen LogP contribution is -2.43. The highest BCUT2D eigenvalue weighted by molar-refractivity contribution is 4.93. The molecule has 0 aromatic heterocycles. The van der Waals surface area contributed by atoms with Gasteiger partial charge >= 0.3 is 0 Å². The predicted molar refractivity (Wildman–Crippen MR) is 80.2 cm³/mol. The number of hydrogen-bond donors (Lipinski definition) is 0. The third kappa shape index (κ3) is 3.17. The molecule has 0 heterocycles. The molecule has 0 aromatic rings. The van der Waals surface area contributed by atoms with Crippen molar-refractivity contribution in [1.82, 2.24) is 0 Å². The summed E-state index contributed by atoms with van der Waals surface area (Å²) < 4.78 is 6.50. The molecule has 0 aliphatic heterocycles. The van der Waals surface area contributed by atoms with E-state index in [-0.39, 0.29) is 0 Å². The van der Waals surface area contributed by atoms with Crippen LogP contribution in [0.5, 0.6) is 0 Å². The first-order valence-corrected chi connectivity index (χ1v) is 8.81. The summed E-state index contributed by atoms with van der Waals surface area (Å²) in [6.07, 6.45) is 16.7. The quantitative estimate of drug-likeness (QED) is 0.669. The maximum absolute atomic E-state index is 6.50. The molecule has 2 bridgehead atoms. The average Bonchev–Trinajstić information content (AvgIpc) is 2.39. The third-order valence-electron chi connectivity index (χ3n) is 6.33. The van der Waals surface area contributed by atoms with Crippen molar-refractivity contribution in [2.24, 2.45) is 17.3 Å². The van der Waals surface area contributed by atoms with Gasteiger partial charge in [0.15, 0.2) is 0 Å². The maximum Gasteiger partial charge on any atom is 0.0604 e. The average molecular weight is 264 g/mol. The first kappa shape index (κ1) is 13.9. The summed E-state index contributed by atoms with van der Waals surface area (Å²) in [6, 6.07) is 0. The van der Waals surface area contributed by atoms with Crippen molar-refractivity contribution in [1.29, 1.82) is 0 Å². The summed E-state index contributed by atoms with van der Waals surface area (Å²) >= 11 is 0. The molecule has 1 heteroatoms. The van der Waals surface area contributed by atoms with Gasteiger partial charge in [0.1, 0.15) is 0 Å². The minimum atomic E-state index is 0.464. The van der Waals surface area contributed by atoms with Crippen LogP contribution in [0.4, 0.5) is 0 Å². The molecule has 1 nitrogen and oxygen atoms in total. The van der Waals surface area contributed by atoms with Gasteiger partial charge in [0, 0.05) is 0 Å². The Hall–Kier alpha value is -0.0400. The molecule has 0 radical (unpaired) electrons. The molecule has 0 aromatic carbocycles. The molecule has 0 amide bonds. The zero-order valence-electron chi connectivity index (χ0n) is 13.0. The summed E-state index contributed by atoms with van der Waals surface area (Å²) in [5.74, 6) is 2.02. The molecule has 3 saturated carbocycles. The molecule has 3 atom stereocenters. The Morgan fingerprint density at radius 1 is 0.895 bits per heavy atom. The standard InChI is InChI=1S/C18H32O/c1-14(19-17-9-4-3-5-10-17)18(2)12-15-7-6-8-16(11-15)13-18/h14-17H,3-13H2,1-2H3. The van der Waals surface area contributed by atoms with Gasteiger partial charge in [0.05, 0.1) is 12.2 Å². The summed E-state index contributed by atoms with van der Waals surface area (Å²) in [4.78, 5) is 0. The molecule has 3 rings (SSSR count). The lowest BCUT2D eigenvalue weighted by molar-refractivity contribution is -0.109. The van der Waals surface area contributed by atoms with Crippen LogP contribution in [-0.4, -0.2) is 12.2 Å². The van der Waals surface area contributed by atoms with Crippen molar-refractivity contribution in [3.8, 4) is 0 Å². The molecule has 19 heavy (non-hydrogen) atoms. The molecule has 0 N–H and O–H groups in total. The highest BCUT2D eigenvalue weighted by Crippen LogP contribution is 2.51. The van der Waals surface area contributed by atoms with Gasteiger partial charge in [0.25, 0.3) is 0 Å². The summed E-state index contributed by atoms with van der Waals surface area (Å²) in [7, 11) is 0. The fraction of sp³-hybridized carbons (Fsp3) is 1.00. The van der Waals surface area contributed by atoms with Gasteiger partial charge in [-0.15, -0.1) is 0 Å². The Labute approximate surface area is 119 Å². The number of hydrogen-bond acceptors (Lipinski definition) is 1. The second-order valence-electron chi connectivity index (χ2n) is 8.00. The van der Waals surface area contributed by atoms with Crippen LogP contribution in [0.1, 0.15) is 84.5 Å². The summed E-state index contributed by atoms with van der Waals surface area (Å²) in [6.45, 7) is 4.89. The van der Waals surface area contributed by atoms with Crippen molar-refractivity contribution in [2.45, 2.75) is 96.7 Å². The fourth-order valence-electron chi connectivity index (χ4n) is 5.16. The topological polar surface area (TPSA) is 9.23 Å². The van der Waals surface area contributed by atoms with Crippen LogP contribution in [0.15, 0.2) is 0 Å². The van der Waals surface area contributed by atoms with Crippen LogP contribution >= 0.6 is 0 Å². The van der Waals surface area contributed by atoms with E-state index in [2.05, 4.69) is 13.8 Å². The van der Waals surface area contributed by atoms with E-state index in [0.29, 0.717) is 17.6 Å². The second-order valence-corrected chi connectivity index (χ2v) is 8.00. The molecular formula is C18H32O. The fourth-order valence-corrected chi connectivity index (χ4v) is 5.16. The van der Waals surface area contributed by atoms with Gasteiger partial charge in [-0.05, 0) is 56.3 Å². The van der Waals surface area contributed by atoms with Gasteiger partial charge in [-0.1, -0.05) is 45.4 Å². The minimum absolute atomic E-state index is 0.464. The van der Waals surface area contributed by atoms with E-state index in [1.54, 1.807) is 0 Å². The Balaban J connectivity index is 1.59. The van der Waals surface area contributed by atoms with E-state index < -0.39 is 0 Å². The van der Waals surface area contributed by atoms with E-state index in [0.717, 1.165) is 11.8 Å². The Kier molecular flexibility index (Phi) is 4.22. The molecule has 0 spiro atoms. The zero-order chi connectivity index (χ0) is 13.3. The lowest BCUT2D eigenvalue weighted by Gasteiger charge is -2.49. The van der Waals surface area contributed by atoms with Crippen LogP contribution < -0.4 is 0 Å². The number of fused-ring (bicyclic) bond motifs is 2. The molecule has 0 saturated heterocycles. The van der Waals surface area contributed by atoms with Crippen LogP contribution in [0.2, 0.25) is 0 Å². The maximum atomic E-state index is 6.50. The summed E-state index contributed by atoms with van der Waals surface area (Å²) in [5.41, 5.74) is 0.464. The Morgan fingerprint density at radius 2 is 1.53 bits per heavy atom. The smallest absolute Gasteiger partial charge is 0.0604 e. The van der Waals surface area contributed by atoms with Gasteiger partial charge < -0.3 is 4.74 Å².